The molecule has 0 saturated carbocycles. The molecule has 2 nitrogen and oxygen atoms in total. The lowest BCUT2D eigenvalue weighted by Crippen LogP contribution is -2.38. The van der Waals surface area contributed by atoms with Crippen molar-refractivity contribution in [1.82, 2.24) is 5.32 Å². The zero-order valence-electron chi connectivity index (χ0n) is 12.9. The maximum absolute atomic E-state index is 3.71. The van der Waals surface area contributed by atoms with Crippen LogP contribution in [0.3, 0.4) is 0 Å². The summed E-state index contributed by atoms with van der Waals surface area (Å²) in [7, 11) is 0. The Hall–Kier alpha value is -1.02. The third-order valence-corrected chi connectivity index (χ3v) is 3.94. The van der Waals surface area contributed by atoms with Gasteiger partial charge in [0.05, 0.1) is 0 Å². The Morgan fingerprint density at radius 1 is 1.32 bits per heavy atom. The fourth-order valence-electron chi connectivity index (χ4n) is 3.00. The molecule has 2 heteroatoms. The predicted octanol–water partition coefficient (Wildman–Crippen LogP) is 3.52. The summed E-state index contributed by atoms with van der Waals surface area (Å²) in [5.74, 6) is 0.760. The minimum absolute atomic E-state index is 0.627. The summed E-state index contributed by atoms with van der Waals surface area (Å²) in [6, 6.07) is 7.43. The van der Waals surface area contributed by atoms with Gasteiger partial charge in [-0.2, -0.15) is 0 Å². The Morgan fingerprint density at radius 2 is 2.11 bits per heavy atom. The molecule has 0 aliphatic carbocycles. The number of nitrogens with zero attached hydrogens (tertiary/aromatic N) is 1. The van der Waals surface area contributed by atoms with E-state index in [0.717, 1.165) is 19.0 Å². The van der Waals surface area contributed by atoms with E-state index in [1.165, 1.54) is 36.2 Å². The summed E-state index contributed by atoms with van der Waals surface area (Å²) in [5, 5.41) is 3.71. The fourth-order valence-corrected chi connectivity index (χ4v) is 3.00. The lowest BCUT2D eigenvalue weighted by Gasteiger charge is -2.29. The Labute approximate surface area is 118 Å². The fraction of sp³-hybridized carbons (Fsp3) is 0.647. The molecule has 1 heterocycles. The van der Waals surface area contributed by atoms with Crippen LogP contribution < -0.4 is 10.2 Å². The normalized spacial score (nSPS) is 20.7. The van der Waals surface area contributed by atoms with Gasteiger partial charge in [0.15, 0.2) is 0 Å². The number of benzene rings is 1. The van der Waals surface area contributed by atoms with Crippen LogP contribution in [0, 0.1) is 19.8 Å². The molecular formula is C17H28N2. The first-order chi connectivity index (χ1) is 9.06. The molecule has 1 aliphatic rings. The van der Waals surface area contributed by atoms with Crippen molar-refractivity contribution >= 4 is 5.69 Å². The molecule has 106 valence electrons. The third kappa shape index (κ3) is 3.97. The number of aryl methyl sites for hydroxylation is 2. The monoisotopic (exact) mass is 260 g/mol. The smallest absolute Gasteiger partial charge is 0.0399 e. The molecule has 1 aliphatic heterocycles. The lowest BCUT2D eigenvalue weighted by atomic mass is 10.0. The molecule has 1 aromatic carbocycles. The number of hydrogen-bond acceptors (Lipinski definition) is 2. The molecule has 1 aromatic rings. The summed E-state index contributed by atoms with van der Waals surface area (Å²) in [6.07, 6.45) is 2.50. The molecule has 0 amide bonds. The molecule has 1 N–H and O–H groups in total. The lowest BCUT2D eigenvalue weighted by molar-refractivity contribution is 0.436. The van der Waals surface area contributed by atoms with Gasteiger partial charge in [-0.05, 0) is 56.3 Å². The van der Waals surface area contributed by atoms with E-state index in [9.17, 15) is 0 Å². The first-order valence-corrected chi connectivity index (χ1v) is 7.62. The summed E-state index contributed by atoms with van der Waals surface area (Å²) in [4.78, 5) is 2.58. The average Bonchev–Trinajstić information content (AvgIpc) is 2.57. The summed E-state index contributed by atoms with van der Waals surface area (Å²) < 4.78 is 0. The maximum Gasteiger partial charge on any atom is 0.0399 e. The van der Waals surface area contributed by atoms with Gasteiger partial charge in [0.1, 0.15) is 0 Å². The van der Waals surface area contributed by atoms with Crippen LogP contribution >= 0.6 is 0 Å². The Balaban J connectivity index is 2.15. The van der Waals surface area contributed by atoms with Crippen molar-refractivity contribution < 1.29 is 0 Å². The van der Waals surface area contributed by atoms with Crippen LogP contribution in [0.5, 0.6) is 0 Å². The van der Waals surface area contributed by atoms with Crippen molar-refractivity contribution in [1.29, 1.82) is 0 Å². The van der Waals surface area contributed by atoms with Gasteiger partial charge in [-0.25, -0.2) is 0 Å². The molecule has 1 saturated heterocycles. The third-order valence-electron chi connectivity index (χ3n) is 3.94. The summed E-state index contributed by atoms with van der Waals surface area (Å²) in [5.41, 5.74) is 4.19. The summed E-state index contributed by atoms with van der Waals surface area (Å²) >= 11 is 0. The number of anilines is 1. The van der Waals surface area contributed by atoms with Gasteiger partial charge in [0, 0.05) is 24.8 Å². The standard InChI is InChI=1S/C17H28N2/c1-13(2)10-16-12-19(9-5-8-18-16)17-11-14(3)6-7-15(17)4/h6-7,11,13,16,18H,5,8-10,12H2,1-4H3. The molecule has 19 heavy (non-hydrogen) atoms. The van der Waals surface area contributed by atoms with Crippen LogP contribution in [0.25, 0.3) is 0 Å². The first kappa shape index (κ1) is 14.4. The molecular weight excluding hydrogens is 232 g/mol. The zero-order chi connectivity index (χ0) is 13.8. The van der Waals surface area contributed by atoms with Crippen molar-refractivity contribution in [2.24, 2.45) is 5.92 Å². The van der Waals surface area contributed by atoms with Gasteiger partial charge in [-0.3, -0.25) is 0 Å². The molecule has 0 bridgehead atoms. The average molecular weight is 260 g/mol. The maximum atomic E-state index is 3.71. The van der Waals surface area contributed by atoms with Crippen LogP contribution in [-0.4, -0.2) is 25.7 Å². The topological polar surface area (TPSA) is 15.3 Å². The van der Waals surface area contributed by atoms with Crippen LogP contribution in [0.1, 0.15) is 37.8 Å². The zero-order valence-corrected chi connectivity index (χ0v) is 12.9. The Morgan fingerprint density at radius 3 is 2.84 bits per heavy atom. The molecule has 0 radical (unpaired) electrons. The predicted molar refractivity (Wildman–Crippen MR) is 84.0 cm³/mol. The second kappa shape index (κ2) is 6.42. The molecule has 0 spiro atoms. The molecule has 1 unspecified atom stereocenters. The molecule has 1 fully saturated rings. The van der Waals surface area contributed by atoms with Gasteiger partial charge in [-0.1, -0.05) is 26.0 Å². The Kier molecular flexibility index (Phi) is 4.87. The van der Waals surface area contributed by atoms with E-state index in [2.05, 4.69) is 56.1 Å². The highest BCUT2D eigenvalue weighted by Crippen LogP contribution is 2.23. The van der Waals surface area contributed by atoms with E-state index in [4.69, 9.17) is 0 Å². The highest BCUT2D eigenvalue weighted by atomic mass is 15.2. The first-order valence-electron chi connectivity index (χ1n) is 7.62. The Bertz CT molecular complexity index is 412. The summed E-state index contributed by atoms with van der Waals surface area (Å²) in [6.45, 7) is 12.5. The quantitative estimate of drug-likeness (QED) is 0.894. The van der Waals surface area contributed by atoms with Crippen molar-refractivity contribution in [2.45, 2.75) is 46.6 Å². The highest BCUT2D eigenvalue weighted by molar-refractivity contribution is 5.55. The van der Waals surface area contributed by atoms with E-state index < -0.39 is 0 Å². The van der Waals surface area contributed by atoms with Crippen molar-refractivity contribution in [3.05, 3.63) is 29.3 Å². The minimum Gasteiger partial charge on any atom is -0.370 e. The number of hydrogen-bond donors (Lipinski definition) is 1. The van der Waals surface area contributed by atoms with E-state index in [0.29, 0.717) is 6.04 Å². The van der Waals surface area contributed by atoms with Crippen molar-refractivity contribution in [3.63, 3.8) is 0 Å². The second-order valence-corrected chi connectivity index (χ2v) is 6.37. The van der Waals surface area contributed by atoms with Crippen LogP contribution in [-0.2, 0) is 0 Å². The van der Waals surface area contributed by atoms with E-state index in [-0.39, 0.29) is 0 Å². The molecule has 0 aromatic heterocycles. The SMILES string of the molecule is Cc1ccc(C)c(N2CCCNC(CC(C)C)C2)c1. The van der Waals surface area contributed by atoms with Gasteiger partial charge in [-0.15, -0.1) is 0 Å². The van der Waals surface area contributed by atoms with Gasteiger partial charge in [0.2, 0.25) is 0 Å². The number of nitrogens with one attached hydrogen (secondary N) is 1. The van der Waals surface area contributed by atoms with Gasteiger partial charge < -0.3 is 10.2 Å². The minimum atomic E-state index is 0.627. The van der Waals surface area contributed by atoms with Gasteiger partial charge in [0.25, 0.3) is 0 Å². The molecule has 1 atom stereocenters. The van der Waals surface area contributed by atoms with E-state index >= 15 is 0 Å². The van der Waals surface area contributed by atoms with E-state index in [1.54, 1.807) is 0 Å². The van der Waals surface area contributed by atoms with Gasteiger partial charge >= 0.3 is 0 Å². The largest absolute Gasteiger partial charge is 0.370 e. The number of rotatable bonds is 3. The second-order valence-electron chi connectivity index (χ2n) is 6.37. The van der Waals surface area contributed by atoms with Crippen molar-refractivity contribution in [2.75, 3.05) is 24.5 Å². The van der Waals surface area contributed by atoms with Crippen LogP contribution in [0.2, 0.25) is 0 Å². The molecule has 2 rings (SSSR count). The van der Waals surface area contributed by atoms with Crippen LogP contribution in [0.15, 0.2) is 18.2 Å². The highest BCUT2D eigenvalue weighted by Gasteiger charge is 2.19. The van der Waals surface area contributed by atoms with Crippen molar-refractivity contribution in [3.8, 4) is 0 Å². The van der Waals surface area contributed by atoms with E-state index in [1.807, 2.05) is 0 Å². The van der Waals surface area contributed by atoms with Crippen LogP contribution in [0.4, 0.5) is 5.69 Å².